The Morgan fingerprint density at radius 3 is 2.86 bits per heavy atom. The monoisotopic (exact) mass is 286 g/mol. The van der Waals surface area contributed by atoms with Gasteiger partial charge in [-0.15, -0.1) is 0 Å². The molecule has 0 fully saturated rings. The first-order valence-corrected chi connectivity index (χ1v) is 6.29. The predicted molar refractivity (Wildman–Crippen MR) is 72.1 cm³/mol. The van der Waals surface area contributed by atoms with Gasteiger partial charge in [0.2, 0.25) is 0 Å². The molecule has 1 atom stereocenters. The van der Waals surface area contributed by atoms with E-state index in [-0.39, 0.29) is 11.3 Å². The molecule has 106 valence electrons. The minimum Gasteiger partial charge on any atom is -0.375 e. The number of hydrogen-bond donors (Lipinski definition) is 2. The number of fused-ring (bicyclic) bond motifs is 1. The van der Waals surface area contributed by atoms with Gasteiger partial charge in [0.1, 0.15) is 11.5 Å². The van der Waals surface area contributed by atoms with Crippen molar-refractivity contribution in [2.45, 2.75) is 12.0 Å². The van der Waals surface area contributed by atoms with Crippen LogP contribution in [0.3, 0.4) is 0 Å². The summed E-state index contributed by atoms with van der Waals surface area (Å²) in [5, 5.41) is 13.0. The van der Waals surface area contributed by atoms with Crippen LogP contribution in [0.1, 0.15) is 22.5 Å². The summed E-state index contributed by atoms with van der Waals surface area (Å²) < 4.78 is 13.3. The highest BCUT2D eigenvalue weighted by Gasteiger charge is 2.47. The first kappa shape index (κ1) is 13.4. The average molecular weight is 286 g/mol. The summed E-state index contributed by atoms with van der Waals surface area (Å²) in [6, 6.07) is 8.35. The molecule has 0 spiro atoms. The van der Waals surface area contributed by atoms with Gasteiger partial charge in [0.25, 0.3) is 5.91 Å². The van der Waals surface area contributed by atoms with Gasteiger partial charge >= 0.3 is 0 Å². The Hall–Kier alpha value is -2.60. The van der Waals surface area contributed by atoms with Crippen LogP contribution in [0.15, 0.2) is 42.6 Å². The van der Waals surface area contributed by atoms with Gasteiger partial charge in [-0.3, -0.25) is 14.6 Å². The van der Waals surface area contributed by atoms with Gasteiger partial charge in [0.15, 0.2) is 11.4 Å². The smallest absolute Gasteiger partial charge is 0.261 e. The number of hydrogen-bond acceptors (Lipinski definition) is 4. The minimum atomic E-state index is -2.08. The predicted octanol–water partition coefficient (Wildman–Crippen LogP) is 1.63. The first-order chi connectivity index (χ1) is 10.0. The molecule has 0 unspecified atom stereocenters. The molecule has 1 aromatic carbocycles. The summed E-state index contributed by atoms with van der Waals surface area (Å²) in [5.41, 5.74) is -1.57. The summed E-state index contributed by atoms with van der Waals surface area (Å²) in [6.45, 7) is 0. The topological polar surface area (TPSA) is 79.3 Å². The molecule has 0 saturated heterocycles. The maximum absolute atomic E-state index is 13.3. The van der Waals surface area contributed by atoms with Crippen molar-refractivity contribution >= 4 is 17.4 Å². The van der Waals surface area contributed by atoms with Crippen molar-refractivity contribution < 1.29 is 19.1 Å². The number of anilines is 1. The average Bonchev–Trinajstić information content (AvgIpc) is 2.72. The van der Waals surface area contributed by atoms with Crippen LogP contribution in [-0.2, 0) is 10.4 Å². The number of nitrogens with zero attached hydrogens (tertiary/aromatic N) is 1. The van der Waals surface area contributed by atoms with Gasteiger partial charge in [-0.05, 0) is 30.3 Å². The molecular formula is C15H11FN2O3. The second-order valence-corrected chi connectivity index (χ2v) is 4.82. The Kier molecular flexibility index (Phi) is 3.03. The van der Waals surface area contributed by atoms with E-state index < -0.39 is 29.5 Å². The summed E-state index contributed by atoms with van der Waals surface area (Å²) in [6.07, 6.45) is 0.950. The maximum Gasteiger partial charge on any atom is 0.261 e. The summed E-state index contributed by atoms with van der Waals surface area (Å²) in [7, 11) is 0. The van der Waals surface area contributed by atoms with Crippen molar-refractivity contribution in [3.63, 3.8) is 0 Å². The minimum absolute atomic E-state index is 0.0665. The second-order valence-electron chi connectivity index (χ2n) is 4.82. The van der Waals surface area contributed by atoms with Crippen molar-refractivity contribution in [2.24, 2.45) is 0 Å². The Balaban J connectivity index is 1.97. The van der Waals surface area contributed by atoms with Crippen molar-refractivity contribution in [1.82, 2.24) is 4.98 Å². The maximum atomic E-state index is 13.3. The first-order valence-electron chi connectivity index (χ1n) is 6.29. The van der Waals surface area contributed by atoms with Gasteiger partial charge in [-0.2, -0.15) is 0 Å². The lowest BCUT2D eigenvalue weighted by Gasteiger charge is -2.19. The van der Waals surface area contributed by atoms with E-state index in [1.54, 1.807) is 12.1 Å². The fraction of sp³-hybridized carbons (Fsp3) is 0.133. The van der Waals surface area contributed by atoms with Crippen LogP contribution in [0.25, 0.3) is 0 Å². The van der Waals surface area contributed by atoms with Crippen LogP contribution >= 0.6 is 0 Å². The zero-order valence-corrected chi connectivity index (χ0v) is 10.8. The third-order valence-electron chi connectivity index (χ3n) is 3.42. The number of carbonyl (C=O) groups excluding carboxylic acids is 2. The Morgan fingerprint density at radius 2 is 2.14 bits per heavy atom. The molecule has 0 aliphatic carbocycles. The number of halogens is 1. The molecule has 0 radical (unpaired) electrons. The van der Waals surface area contributed by atoms with Crippen LogP contribution < -0.4 is 5.32 Å². The van der Waals surface area contributed by atoms with Gasteiger partial charge in [0, 0.05) is 17.4 Å². The lowest BCUT2D eigenvalue weighted by molar-refractivity contribution is -0.133. The highest BCUT2D eigenvalue weighted by atomic mass is 19.1. The molecule has 6 heteroatoms. The van der Waals surface area contributed by atoms with E-state index in [4.69, 9.17) is 0 Å². The summed E-state index contributed by atoms with van der Waals surface area (Å²) in [5.74, 6) is -1.83. The van der Waals surface area contributed by atoms with Crippen LogP contribution in [0.4, 0.5) is 10.1 Å². The molecular weight excluding hydrogens is 275 g/mol. The second kappa shape index (κ2) is 4.75. The van der Waals surface area contributed by atoms with Gasteiger partial charge in [0.05, 0.1) is 6.42 Å². The number of ketones is 1. The van der Waals surface area contributed by atoms with E-state index in [9.17, 15) is 19.1 Å². The van der Waals surface area contributed by atoms with Gasteiger partial charge in [-0.1, -0.05) is 6.07 Å². The number of Topliss-reactive ketones (excluding diaryl/α,β-unsaturated/α-hetero) is 1. The molecule has 0 bridgehead atoms. The van der Waals surface area contributed by atoms with Crippen LogP contribution in [0.2, 0.25) is 0 Å². The normalized spacial score (nSPS) is 20.0. The summed E-state index contributed by atoms with van der Waals surface area (Å²) >= 11 is 0. The molecule has 2 heterocycles. The third kappa shape index (κ3) is 2.19. The molecule has 1 amide bonds. The molecule has 1 aromatic heterocycles. The van der Waals surface area contributed by atoms with Crippen molar-refractivity contribution in [1.29, 1.82) is 0 Å². The Morgan fingerprint density at radius 1 is 1.33 bits per heavy atom. The van der Waals surface area contributed by atoms with Crippen molar-refractivity contribution in [2.75, 3.05) is 5.32 Å². The number of amides is 1. The highest BCUT2D eigenvalue weighted by Crippen LogP contribution is 2.39. The van der Waals surface area contributed by atoms with Crippen molar-refractivity contribution in [3.8, 4) is 0 Å². The zero-order chi connectivity index (χ0) is 15.0. The Bertz CT molecular complexity index is 733. The fourth-order valence-electron chi connectivity index (χ4n) is 2.34. The number of pyridine rings is 1. The lowest BCUT2D eigenvalue weighted by Crippen LogP contribution is -2.36. The molecule has 0 saturated carbocycles. The largest absolute Gasteiger partial charge is 0.375 e. The molecule has 2 N–H and O–H groups in total. The number of carbonyl (C=O) groups is 2. The fourth-order valence-corrected chi connectivity index (χ4v) is 2.34. The number of aliphatic hydroxyl groups is 1. The Labute approximate surface area is 119 Å². The number of nitrogens with one attached hydrogen (secondary N) is 1. The van der Waals surface area contributed by atoms with Gasteiger partial charge in [-0.25, -0.2) is 4.39 Å². The molecule has 5 nitrogen and oxygen atoms in total. The van der Waals surface area contributed by atoms with E-state index in [1.807, 2.05) is 0 Å². The molecule has 21 heavy (non-hydrogen) atoms. The SMILES string of the molecule is O=C(C[C@]1(O)C(=O)Nc2ccc(F)cc21)c1ccccn1. The molecule has 2 aromatic rings. The van der Waals surface area contributed by atoms with E-state index in [2.05, 4.69) is 10.3 Å². The van der Waals surface area contributed by atoms with Gasteiger partial charge < -0.3 is 10.4 Å². The van der Waals surface area contributed by atoms with Crippen molar-refractivity contribution in [3.05, 3.63) is 59.7 Å². The highest BCUT2D eigenvalue weighted by molar-refractivity contribution is 6.09. The number of aromatic nitrogens is 1. The number of rotatable bonds is 3. The molecule has 1 aliphatic rings. The van der Waals surface area contributed by atoms with E-state index in [0.29, 0.717) is 5.69 Å². The number of benzene rings is 1. The third-order valence-corrected chi connectivity index (χ3v) is 3.42. The molecule has 3 rings (SSSR count). The quantitative estimate of drug-likeness (QED) is 0.841. The standard InChI is InChI=1S/C15H11FN2O3/c16-9-4-5-11-10(7-9)15(21,14(20)18-11)8-13(19)12-3-1-2-6-17-12/h1-7,21H,8H2,(H,18,20)/t15-/m1/s1. The van der Waals surface area contributed by atoms with Crippen LogP contribution in [0, 0.1) is 5.82 Å². The molecule has 1 aliphatic heterocycles. The van der Waals surface area contributed by atoms with Crippen LogP contribution in [0.5, 0.6) is 0 Å². The zero-order valence-electron chi connectivity index (χ0n) is 10.8. The lowest BCUT2D eigenvalue weighted by atomic mass is 9.89. The van der Waals surface area contributed by atoms with E-state index >= 15 is 0 Å². The van der Waals surface area contributed by atoms with E-state index in [0.717, 1.165) is 6.07 Å². The van der Waals surface area contributed by atoms with E-state index in [1.165, 1.54) is 24.4 Å². The summed E-state index contributed by atoms with van der Waals surface area (Å²) in [4.78, 5) is 28.0. The van der Waals surface area contributed by atoms with Crippen LogP contribution in [-0.4, -0.2) is 21.8 Å².